The molecule has 0 spiro atoms. The number of hydrogen-bond donors (Lipinski definition) is 1. The van der Waals surface area contributed by atoms with Gasteiger partial charge < -0.3 is 10.2 Å². The lowest BCUT2D eigenvalue weighted by Gasteiger charge is -2.25. The molecular weight excluding hydrogens is 204 g/mol. The molecule has 0 bridgehead atoms. The average Bonchev–Trinajstić information content (AvgIpc) is 2.90. The van der Waals surface area contributed by atoms with Gasteiger partial charge in [0.05, 0.1) is 0 Å². The van der Waals surface area contributed by atoms with Gasteiger partial charge in [-0.1, -0.05) is 0 Å². The lowest BCUT2D eigenvalue weighted by atomic mass is 10.2. The summed E-state index contributed by atoms with van der Waals surface area (Å²) in [6.45, 7) is 5.18. The Hall–Kier alpha value is 0.270. The summed E-state index contributed by atoms with van der Waals surface area (Å²) < 4.78 is 0. The summed E-state index contributed by atoms with van der Waals surface area (Å²) in [4.78, 5) is 2.69. The van der Waals surface area contributed by atoms with Crippen molar-refractivity contribution >= 4 is 11.8 Å². The van der Waals surface area contributed by atoms with E-state index in [0.717, 1.165) is 12.0 Å². The van der Waals surface area contributed by atoms with Crippen molar-refractivity contribution in [2.75, 3.05) is 38.2 Å². The first-order valence-corrected chi connectivity index (χ1v) is 7.72. The summed E-state index contributed by atoms with van der Waals surface area (Å²) in [5.74, 6) is 2.33. The van der Waals surface area contributed by atoms with Crippen LogP contribution < -0.4 is 5.32 Å². The quantitative estimate of drug-likeness (QED) is 0.715. The van der Waals surface area contributed by atoms with Crippen LogP contribution in [0.1, 0.15) is 25.7 Å². The molecule has 0 aromatic carbocycles. The minimum absolute atomic E-state index is 0.783. The van der Waals surface area contributed by atoms with E-state index in [1.165, 1.54) is 57.6 Å². The second kappa shape index (κ2) is 6.12. The van der Waals surface area contributed by atoms with Crippen LogP contribution in [0.25, 0.3) is 0 Å². The van der Waals surface area contributed by atoms with Gasteiger partial charge in [0.1, 0.15) is 0 Å². The zero-order valence-corrected chi connectivity index (χ0v) is 10.7. The molecule has 2 nitrogen and oxygen atoms in total. The van der Waals surface area contributed by atoms with Gasteiger partial charge in [0.15, 0.2) is 0 Å². The lowest BCUT2D eigenvalue weighted by molar-refractivity contribution is 0.253. The largest absolute Gasteiger partial charge is 0.313 e. The third kappa shape index (κ3) is 4.33. The second-order valence-corrected chi connectivity index (χ2v) is 5.97. The SMILES string of the molecule is CSCCN(CC1CC1)CC1CCCN1. The highest BCUT2D eigenvalue weighted by Gasteiger charge is 2.26. The van der Waals surface area contributed by atoms with Crippen LogP contribution >= 0.6 is 11.8 Å². The van der Waals surface area contributed by atoms with Crippen LogP contribution in [-0.2, 0) is 0 Å². The molecule has 1 N–H and O–H groups in total. The number of rotatable bonds is 7. The van der Waals surface area contributed by atoms with Crippen molar-refractivity contribution in [3.8, 4) is 0 Å². The summed E-state index contributed by atoms with van der Waals surface area (Å²) >= 11 is 1.97. The van der Waals surface area contributed by atoms with Crippen molar-refractivity contribution in [1.29, 1.82) is 0 Å². The maximum atomic E-state index is 3.61. The summed E-state index contributed by atoms with van der Waals surface area (Å²) in [7, 11) is 0. The van der Waals surface area contributed by atoms with Crippen LogP contribution in [0.3, 0.4) is 0 Å². The Balaban J connectivity index is 1.69. The molecule has 2 aliphatic rings. The highest BCUT2D eigenvalue weighted by molar-refractivity contribution is 7.98. The van der Waals surface area contributed by atoms with Crippen LogP contribution in [-0.4, -0.2) is 49.1 Å². The summed E-state index contributed by atoms with van der Waals surface area (Å²) in [5, 5.41) is 3.61. The zero-order valence-electron chi connectivity index (χ0n) is 9.87. The van der Waals surface area contributed by atoms with Gasteiger partial charge in [-0.15, -0.1) is 0 Å². The third-order valence-corrected chi connectivity index (χ3v) is 4.06. The average molecular weight is 228 g/mol. The van der Waals surface area contributed by atoms with Gasteiger partial charge in [-0.3, -0.25) is 0 Å². The zero-order chi connectivity index (χ0) is 10.5. The van der Waals surface area contributed by atoms with E-state index in [9.17, 15) is 0 Å². The smallest absolute Gasteiger partial charge is 0.0195 e. The standard InChI is InChI=1S/C12H24N2S/c1-15-8-7-14(9-11-4-5-11)10-12-3-2-6-13-12/h11-13H,2-10H2,1H3. The Labute approximate surface area is 98.2 Å². The van der Waals surface area contributed by atoms with Crippen LogP contribution in [0.2, 0.25) is 0 Å². The summed E-state index contributed by atoms with van der Waals surface area (Å²) in [6, 6.07) is 0.783. The summed E-state index contributed by atoms with van der Waals surface area (Å²) in [6.07, 6.45) is 7.94. The molecule has 0 amide bonds. The first-order valence-electron chi connectivity index (χ1n) is 6.33. The molecule has 3 heteroatoms. The molecule has 15 heavy (non-hydrogen) atoms. The monoisotopic (exact) mass is 228 g/mol. The fraction of sp³-hybridized carbons (Fsp3) is 1.00. The first kappa shape index (κ1) is 11.7. The van der Waals surface area contributed by atoms with Gasteiger partial charge >= 0.3 is 0 Å². The molecule has 0 aromatic heterocycles. The van der Waals surface area contributed by atoms with Crippen LogP contribution in [0, 0.1) is 5.92 Å². The minimum atomic E-state index is 0.783. The Bertz CT molecular complexity index is 176. The van der Waals surface area contributed by atoms with Crippen molar-refractivity contribution in [2.24, 2.45) is 5.92 Å². The first-order chi connectivity index (χ1) is 7.38. The van der Waals surface area contributed by atoms with Gasteiger partial charge in [-0.2, -0.15) is 11.8 Å². The Morgan fingerprint density at radius 3 is 2.73 bits per heavy atom. The van der Waals surface area contributed by atoms with Crippen LogP contribution in [0.4, 0.5) is 0 Å². The van der Waals surface area contributed by atoms with E-state index in [4.69, 9.17) is 0 Å². The van der Waals surface area contributed by atoms with E-state index in [1.807, 2.05) is 11.8 Å². The number of thioether (sulfide) groups is 1. The maximum Gasteiger partial charge on any atom is 0.0195 e. The maximum absolute atomic E-state index is 3.61. The molecule has 1 aliphatic heterocycles. The summed E-state index contributed by atoms with van der Waals surface area (Å²) in [5.41, 5.74) is 0. The fourth-order valence-corrected chi connectivity index (χ4v) is 2.81. The number of nitrogens with zero attached hydrogens (tertiary/aromatic N) is 1. The predicted molar refractivity (Wildman–Crippen MR) is 68.6 cm³/mol. The van der Waals surface area contributed by atoms with Crippen LogP contribution in [0.15, 0.2) is 0 Å². The van der Waals surface area contributed by atoms with E-state index in [0.29, 0.717) is 0 Å². The number of nitrogens with one attached hydrogen (secondary N) is 1. The lowest BCUT2D eigenvalue weighted by Crippen LogP contribution is -2.39. The van der Waals surface area contributed by atoms with Gasteiger partial charge in [0, 0.05) is 31.4 Å². The topological polar surface area (TPSA) is 15.3 Å². The van der Waals surface area contributed by atoms with Gasteiger partial charge in [0.25, 0.3) is 0 Å². The molecule has 88 valence electrons. The number of hydrogen-bond acceptors (Lipinski definition) is 3. The minimum Gasteiger partial charge on any atom is -0.313 e. The molecule has 2 rings (SSSR count). The Morgan fingerprint density at radius 2 is 2.13 bits per heavy atom. The molecule has 1 unspecified atom stereocenters. The highest BCUT2D eigenvalue weighted by Crippen LogP contribution is 2.29. The van der Waals surface area contributed by atoms with E-state index in [-0.39, 0.29) is 0 Å². The van der Waals surface area contributed by atoms with Crippen molar-refractivity contribution in [3.05, 3.63) is 0 Å². The van der Waals surface area contributed by atoms with Crippen molar-refractivity contribution in [2.45, 2.75) is 31.7 Å². The Kier molecular flexibility index (Phi) is 4.79. The molecule has 1 saturated heterocycles. The third-order valence-electron chi connectivity index (χ3n) is 3.47. The molecule has 1 aliphatic carbocycles. The van der Waals surface area contributed by atoms with Gasteiger partial charge in [-0.25, -0.2) is 0 Å². The molecular formula is C12H24N2S. The van der Waals surface area contributed by atoms with Crippen molar-refractivity contribution in [3.63, 3.8) is 0 Å². The fourth-order valence-electron chi connectivity index (χ4n) is 2.37. The molecule has 1 heterocycles. The Morgan fingerprint density at radius 1 is 1.27 bits per heavy atom. The normalized spacial score (nSPS) is 26.4. The molecule has 0 radical (unpaired) electrons. The second-order valence-electron chi connectivity index (χ2n) is 4.99. The molecule has 0 aromatic rings. The highest BCUT2D eigenvalue weighted by atomic mass is 32.2. The van der Waals surface area contributed by atoms with E-state index < -0.39 is 0 Å². The van der Waals surface area contributed by atoms with Gasteiger partial charge in [-0.05, 0) is 44.4 Å². The van der Waals surface area contributed by atoms with E-state index >= 15 is 0 Å². The van der Waals surface area contributed by atoms with E-state index in [1.54, 1.807) is 0 Å². The van der Waals surface area contributed by atoms with E-state index in [2.05, 4.69) is 16.5 Å². The predicted octanol–water partition coefficient (Wildman–Crippen LogP) is 1.81. The van der Waals surface area contributed by atoms with Crippen LogP contribution in [0.5, 0.6) is 0 Å². The molecule has 2 fully saturated rings. The van der Waals surface area contributed by atoms with Crippen molar-refractivity contribution in [1.82, 2.24) is 10.2 Å². The van der Waals surface area contributed by atoms with Gasteiger partial charge in [0.2, 0.25) is 0 Å². The molecule has 1 atom stereocenters. The van der Waals surface area contributed by atoms with Crippen molar-refractivity contribution < 1.29 is 0 Å². The molecule has 1 saturated carbocycles.